The number of benzene rings is 1. The largest absolute Gasteiger partial charge is 0.508 e. The van der Waals surface area contributed by atoms with Crippen LogP contribution in [0, 0.1) is 0 Å². The number of hydrogen-bond acceptors (Lipinski definition) is 10. The molecule has 0 N–H and O–H groups in total. The van der Waals surface area contributed by atoms with Gasteiger partial charge < -0.3 is 28.4 Å². The number of carbonyl (C=O) groups excluding carboxylic acids is 4. The summed E-state index contributed by atoms with van der Waals surface area (Å²) in [6.07, 6.45) is 1.87. The third-order valence-corrected chi connectivity index (χ3v) is 5.53. The van der Waals surface area contributed by atoms with Crippen LogP contribution in [-0.2, 0) is 57.6 Å². The van der Waals surface area contributed by atoms with E-state index in [9.17, 15) is 19.2 Å². The molecule has 0 unspecified atom stereocenters. The number of ether oxygens (including phenoxy) is 6. The van der Waals surface area contributed by atoms with Crippen LogP contribution in [0.1, 0.15) is 100 Å². The van der Waals surface area contributed by atoms with E-state index in [0.717, 1.165) is 18.4 Å². The van der Waals surface area contributed by atoms with Crippen LogP contribution in [0.3, 0.4) is 0 Å². The minimum absolute atomic E-state index is 0. The van der Waals surface area contributed by atoms with Gasteiger partial charge in [0.25, 0.3) is 0 Å². The average molecular weight is 752 g/mol. The molecule has 0 fully saturated rings. The van der Waals surface area contributed by atoms with Gasteiger partial charge in [-0.3, -0.25) is 4.90 Å². The van der Waals surface area contributed by atoms with E-state index in [4.69, 9.17) is 23.7 Å². The fourth-order valence-electron chi connectivity index (χ4n) is 4.15. The summed E-state index contributed by atoms with van der Waals surface area (Å²) in [5.41, 5.74) is 1.07. The van der Waals surface area contributed by atoms with E-state index in [-0.39, 0.29) is 51.1 Å². The van der Waals surface area contributed by atoms with E-state index in [0.29, 0.717) is 24.1 Å². The van der Waals surface area contributed by atoms with E-state index in [1.54, 1.807) is 41.5 Å². The summed E-state index contributed by atoms with van der Waals surface area (Å²) < 4.78 is 30.3. The Morgan fingerprint density at radius 2 is 1.22 bits per heavy atom. The van der Waals surface area contributed by atoms with E-state index < -0.39 is 35.4 Å². The molecule has 232 valence electrons. The molecule has 1 aliphatic heterocycles. The molecule has 11 nitrogen and oxygen atoms in total. The Bertz CT molecular complexity index is 1070. The van der Waals surface area contributed by atoms with Gasteiger partial charge in [-0.2, -0.15) is 0 Å². The molecule has 41 heavy (non-hydrogen) atoms. The van der Waals surface area contributed by atoms with Crippen molar-refractivity contribution >= 4 is 29.9 Å². The number of methoxy groups -OCH3 is 3. The van der Waals surface area contributed by atoms with E-state index in [2.05, 4.69) is 4.74 Å². The van der Waals surface area contributed by atoms with Gasteiger partial charge in [0.1, 0.15) is 23.4 Å². The number of rotatable bonds is 2. The van der Waals surface area contributed by atoms with Crippen LogP contribution in [-0.4, -0.2) is 69.9 Å². The summed E-state index contributed by atoms with van der Waals surface area (Å²) in [6.45, 7) is 15.2. The molecule has 12 heteroatoms. The van der Waals surface area contributed by atoms with Crippen molar-refractivity contribution in [3.05, 3.63) is 22.3 Å². The molecule has 0 bridgehead atoms. The SMILES string of the molecule is CC.COC(=O)OC(C)(C)C.COC(=O)c1c2c(c3c(c1C(=O)OC)OCCN3C(=O)OC(C)(C)C)CCCC2.[W]. The zero-order chi connectivity index (χ0) is 30.8. The van der Waals surface area contributed by atoms with Crippen LogP contribution in [0.5, 0.6) is 5.75 Å². The normalized spacial score (nSPS) is 13.5. The number of amides is 1. The average Bonchev–Trinajstić information content (AvgIpc) is 2.90. The number of carbonyl (C=O) groups is 4. The number of esters is 2. The van der Waals surface area contributed by atoms with Crippen LogP contribution in [0.4, 0.5) is 15.3 Å². The van der Waals surface area contributed by atoms with Crippen LogP contribution in [0.2, 0.25) is 0 Å². The van der Waals surface area contributed by atoms with Gasteiger partial charge in [-0.05, 0) is 78.4 Å². The van der Waals surface area contributed by atoms with Crippen molar-refractivity contribution in [2.75, 3.05) is 39.4 Å². The Morgan fingerprint density at radius 3 is 1.66 bits per heavy atom. The predicted molar refractivity (Wildman–Crippen MR) is 149 cm³/mol. The molecule has 0 spiro atoms. The van der Waals surface area contributed by atoms with Crippen molar-refractivity contribution in [1.29, 1.82) is 0 Å². The first-order valence-electron chi connectivity index (χ1n) is 13.4. The van der Waals surface area contributed by atoms with Crippen molar-refractivity contribution in [2.24, 2.45) is 0 Å². The molecule has 0 saturated carbocycles. The number of anilines is 1. The predicted octanol–water partition coefficient (Wildman–Crippen LogP) is 5.86. The standard InChI is InChI=1S/C21H27NO7.C6H12O3.C2H6.W/c1-21(2,3)29-20(25)22-10-11-28-17-15(19(24)27-5)14(18(23)26-4)12-8-6-7-9-13(12)16(17)22;1-6(2,3)9-5(7)8-4;1-2;/h6-11H2,1-5H3;1-4H3;1-2H3;. The quantitative estimate of drug-likeness (QED) is 0.268. The molecule has 1 heterocycles. The minimum Gasteiger partial charge on any atom is -0.489 e. The van der Waals surface area contributed by atoms with Gasteiger partial charge in [0.2, 0.25) is 0 Å². The Morgan fingerprint density at radius 1 is 0.732 bits per heavy atom. The second-order valence-corrected chi connectivity index (χ2v) is 10.7. The molecular formula is C29H45NO10W. The van der Waals surface area contributed by atoms with E-state index in [1.165, 1.54) is 26.2 Å². The van der Waals surface area contributed by atoms with Crippen LogP contribution < -0.4 is 9.64 Å². The molecule has 1 aromatic rings. The van der Waals surface area contributed by atoms with Gasteiger partial charge in [0, 0.05) is 21.1 Å². The molecule has 1 aliphatic carbocycles. The third kappa shape index (κ3) is 10.5. The Balaban J connectivity index is 0.00000114. The summed E-state index contributed by atoms with van der Waals surface area (Å²) in [5.74, 6) is -1.15. The van der Waals surface area contributed by atoms with Gasteiger partial charge in [-0.25, -0.2) is 19.2 Å². The fraction of sp³-hybridized carbons (Fsp3) is 0.655. The number of nitrogens with zero attached hydrogens (tertiary/aromatic N) is 1. The van der Waals surface area contributed by atoms with Gasteiger partial charge >= 0.3 is 24.2 Å². The molecule has 0 atom stereocenters. The summed E-state index contributed by atoms with van der Waals surface area (Å²) in [7, 11) is 3.80. The Kier molecular flexibility index (Phi) is 15.4. The van der Waals surface area contributed by atoms with Crippen molar-refractivity contribution in [1.82, 2.24) is 0 Å². The molecule has 0 radical (unpaired) electrons. The summed E-state index contributed by atoms with van der Waals surface area (Å²) >= 11 is 0. The first kappa shape index (κ1) is 38.2. The Labute approximate surface area is 257 Å². The van der Waals surface area contributed by atoms with Gasteiger partial charge in [-0.15, -0.1) is 0 Å². The molecule has 0 aromatic heterocycles. The summed E-state index contributed by atoms with van der Waals surface area (Å²) in [5, 5.41) is 0. The Hall–Kier alpha value is -2.81. The third-order valence-electron chi connectivity index (χ3n) is 5.53. The molecule has 3 rings (SSSR count). The van der Waals surface area contributed by atoms with Gasteiger partial charge in [0.05, 0.1) is 39.1 Å². The fourth-order valence-corrected chi connectivity index (χ4v) is 4.15. The van der Waals surface area contributed by atoms with Gasteiger partial charge in [-0.1, -0.05) is 13.8 Å². The maximum absolute atomic E-state index is 12.9. The monoisotopic (exact) mass is 751 g/mol. The molecule has 1 amide bonds. The van der Waals surface area contributed by atoms with Crippen LogP contribution >= 0.6 is 0 Å². The van der Waals surface area contributed by atoms with E-state index in [1.807, 2.05) is 13.8 Å². The van der Waals surface area contributed by atoms with Crippen LogP contribution in [0.25, 0.3) is 0 Å². The van der Waals surface area contributed by atoms with Crippen molar-refractivity contribution in [2.45, 2.75) is 92.3 Å². The van der Waals surface area contributed by atoms with Crippen molar-refractivity contribution in [3.63, 3.8) is 0 Å². The smallest absolute Gasteiger partial charge is 0.489 e. The number of fused-ring (bicyclic) bond motifs is 3. The molecule has 2 aliphatic rings. The first-order valence-corrected chi connectivity index (χ1v) is 13.4. The molecule has 1 aromatic carbocycles. The van der Waals surface area contributed by atoms with Crippen molar-refractivity contribution in [3.8, 4) is 5.75 Å². The van der Waals surface area contributed by atoms with Gasteiger partial charge in [0.15, 0.2) is 5.75 Å². The maximum atomic E-state index is 12.9. The zero-order valence-electron chi connectivity index (χ0n) is 26.2. The van der Waals surface area contributed by atoms with Crippen molar-refractivity contribution < 1.29 is 68.7 Å². The minimum atomic E-state index is -0.707. The second-order valence-electron chi connectivity index (χ2n) is 10.7. The number of hydrogen-bond donors (Lipinski definition) is 0. The topological polar surface area (TPSA) is 127 Å². The molecular weight excluding hydrogens is 706 g/mol. The summed E-state index contributed by atoms with van der Waals surface area (Å²) in [4.78, 5) is 50.1. The second kappa shape index (κ2) is 16.6. The maximum Gasteiger partial charge on any atom is 0.508 e. The van der Waals surface area contributed by atoms with E-state index >= 15 is 0 Å². The first-order chi connectivity index (χ1) is 18.6. The summed E-state index contributed by atoms with van der Waals surface area (Å²) in [6, 6.07) is 0. The molecule has 0 saturated heterocycles. The van der Waals surface area contributed by atoms with Crippen LogP contribution in [0.15, 0.2) is 0 Å². The zero-order valence-corrected chi connectivity index (χ0v) is 29.1.